The molecule has 4 aliphatic rings. The number of nitrogens with one attached hydrogen (secondary N) is 1. The first-order chi connectivity index (χ1) is 12.4. The Morgan fingerprint density at radius 1 is 1.12 bits per heavy atom. The van der Waals surface area contributed by atoms with Crippen molar-refractivity contribution in [2.75, 3.05) is 25.6 Å². The topological polar surface area (TPSA) is 58.6 Å². The van der Waals surface area contributed by atoms with E-state index in [4.69, 9.17) is 4.74 Å². The Hall–Kier alpha value is -2.04. The SMILES string of the molecule is CN(C)c1cccc(C(=O)OCC(=O)NC23CC4CC(CC(C4)C2)C3)c1. The molecule has 1 aromatic rings. The molecule has 1 amide bonds. The van der Waals surface area contributed by atoms with Crippen LogP contribution in [0.2, 0.25) is 0 Å². The van der Waals surface area contributed by atoms with Gasteiger partial charge in [-0.15, -0.1) is 0 Å². The first-order valence-corrected chi connectivity index (χ1v) is 9.68. The van der Waals surface area contributed by atoms with Crippen LogP contribution in [0.15, 0.2) is 24.3 Å². The van der Waals surface area contributed by atoms with Gasteiger partial charge in [-0.2, -0.15) is 0 Å². The second kappa shape index (κ2) is 6.60. The summed E-state index contributed by atoms with van der Waals surface area (Å²) in [6.07, 6.45) is 7.32. The molecule has 4 bridgehead atoms. The largest absolute Gasteiger partial charge is 0.452 e. The Balaban J connectivity index is 1.33. The normalized spacial score (nSPS) is 31.5. The molecule has 0 saturated heterocycles. The third kappa shape index (κ3) is 3.44. The van der Waals surface area contributed by atoms with Crippen molar-refractivity contribution >= 4 is 17.6 Å². The molecule has 0 aliphatic heterocycles. The minimum Gasteiger partial charge on any atom is -0.452 e. The van der Waals surface area contributed by atoms with Crippen molar-refractivity contribution in [3.63, 3.8) is 0 Å². The fourth-order valence-electron chi connectivity index (χ4n) is 5.72. The van der Waals surface area contributed by atoms with Gasteiger partial charge in [-0.3, -0.25) is 4.79 Å². The standard InChI is InChI=1S/C21H28N2O3/c1-23(2)18-5-3-4-17(9-18)20(25)26-13-19(24)22-21-10-14-6-15(11-21)8-16(7-14)12-21/h3-5,9,14-16H,6-8,10-13H2,1-2H3,(H,22,24). The van der Waals surface area contributed by atoms with Gasteiger partial charge in [-0.1, -0.05) is 6.07 Å². The smallest absolute Gasteiger partial charge is 0.338 e. The van der Waals surface area contributed by atoms with Crippen molar-refractivity contribution < 1.29 is 14.3 Å². The number of rotatable bonds is 5. The number of esters is 1. The summed E-state index contributed by atoms with van der Waals surface area (Å²) in [7, 11) is 3.84. The van der Waals surface area contributed by atoms with Gasteiger partial charge in [-0.05, 0) is 74.5 Å². The lowest BCUT2D eigenvalue weighted by Crippen LogP contribution is -2.60. The summed E-state index contributed by atoms with van der Waals surface area (Å²) >= 11 is 0. The van der Waals surface area contributed by atoms with E-state index in [9.17, 15) is 9.59 Å². The molecule has 1 aromatic carbocycles. The van der Waals surface area contributed by atoms with Crippen molar-refractivity contribution in [2.45, 2.75) is 44.1 Å². The molecular formula is C21H28N2O3. The fraction of sp³-hybridized carbons (Fsp3) is 0.619. The quantitative estimate of drug-likeness (QED) is 0.824. The molecule has 0 atom stereocenters. The zero-order valence-electron chi connectivity index (χ0n) is 15.7. The molecule has 5 nitrogen and oxygen atoms in total. The van der Waals surface area contributed by atoms with E-state index >= 15 is 0 Å². The van der Waals surface area contributed by atoms with E-state index in [0.29, 0.717) is 5.56 Å². The van der Waals surface area contributed by atoms with Crippen LogP contribution >= 0.6 is 0 Å². The summed E-state index contributed by atoms with van der Waals surface area (Å²) in [4.78, 5) is 26.6. The van der Waals surface area contributed by atoms with Gasteiger partial charge in [0.2, 0.25) is 0 Å². The first kappa shape index (κ1) is 17.4. The average molecular weight is 356 g/mol. The molecular weight excluding hydrogens is 328 g/mol. The number of carbonyl (C=O) groups is 2. The van der Waals surface area contributed by atoms with Gasteiger partial charge in [0.1, 0.15) is 0 Å². The highest BCUT2D eigenvalue weighted by atomic mass is 16.5. The molecule has 26 heavy (non-hydrogen) atoms. The Morgan fingerprint density at radius 2 is 1.73 bits per heavy atom. The maximum absolute atomic E-state index is 12.4. The molecule has 4 aliphatic carbocycles. The van der Waals surface area contributed by atoms with Crippen LogP contribution in [-0.2, 0) is 9.53 Å². The van der Waals surface area contributed by atoms with Crippen LogP contribution in [0.25, 0.3) is 0 Å². The summed E-state index contributed by atoms with van der Waals surface area (Å²) in [6.45, 7) is -0.202. The summed E-state index contributed by atoms with van der Waals surface area (Å²) in [5.74, 6) is 1.71. The van der Waals surface area contributed by atoms with Gasteiger partial charge in [0, 0.05) is 25.3 Å². The summed E-state index contributed by atoms with van der Waals surface area (Å²) in [5.41, 5.74) is 1.36. The van der Waals surface area contributed by atoms with Gasteiger partial charge in [-0.25, -0.2) is 4.79 Å². The zero-order chi connectivity index (χ0) is 18.3. The predicted octanol–water partition coefficient (Wildman–Crippen LogP) is 2.99. The number of amides is 1. The van der Waals surface area contributed by atoms with Crippen molar-refractivity contribution in [2.24, 2.45) is 17.8 Å². The summed E-state index contributed by atoms with van der Waals surface area (Å²) in [6, 6.07) is 7.24. The van der Waals surface area contributed by atoms with Crippen molar-refractivity contribution in [1.82, 2.24) is 5.32 Å². The van der Waals surface area contributed by atoms with E-state index in [1.54, 1.807) is 12.1 Å². The molecule has 0 spiro atoms. The Morgan fingerprint density at radius 3 is 2.31 bits per heavy atom. The van der Waals surface area contributed by atoms with E-state index < -0.39 is 5.97 Å². The lowest BCUT2D eigenvalue weighted by molar-refractivity contribution is -0.130. The van der Waals surface area contributed by atoms with Gasteiger partial charge >= 0.3 is 5.97 Å². The molecule has 0 heterocycles. The minimum atomic E-state index is -0.450. The van der Waals surface area contributed by atoms with Crippen LogP contribution in [0, 0.1) is 17.8 Å². The Kier molecular flexibility index (Phi) is 4.41. The lowest BCUT2D eigenvalue weighted by Gasteiger charge is -2.56. The highest BCUT2D eigenvalue weighted by Gasteiger charge is 2.51. The van der Waals surface area contributed by atoms with Crippen LogP contribution in [0.4, 0.5) is 5.69 Å². The Labute approximate surface area is 155 Å². The number of benzene rings is 1. The van der Waals surface area contributed by atoms with Crippen molar-refractivity contribution in [3.05, 3.63) is 29.8 Å². The number of ether oxygens (including phenoxy) is 1. The maximum atomic E-state index is 12.4. The molecule has 5 rings (SSSR count). The van der Waals surface area contributed by atoms with Gasteiger partial charge in [0.25, 0.3) is 5.91 Å². The van der Waals surface area contributed by atoms with E-state index in [0.717, 1.165) is 42.7 Å². The molecule has 4 fully saturated rings. The van der Waals surface area contributed by atoms with Gasteiger partial charge in [0.15, 0.2) is 6.61 Å². The fourth-order valence-corrected chi connectivity index (χ4v) is 5.72. The van der Waals surface area contributed by atoms with E-state index in [-0.39, 0.29) is 18.1 Å². The third-order valence-electron chi connectivity index (χ3n) is 6.38. The number of nitrogens with zero attached hydrogens (tertiary/aromatic N) is 1. The highest BCUT2D eigenvalue weighted by Crippen LogP contribution is 2.55. The molecule has 5 heteroatoms. The number of hydrogen-bond acceptors (Lipinski definition) is 4. The molecule has 0 unspecified atom stereocenters. The molecule has 140 valence electrons. The second-order valence-electron chi connectivity index (χ2n) is 8.77. The van der Waals surface area contributed by atoms with E-state index in [2.05, 4.69) is 5.32 Å². The second-order valence-corrected chi connectivity index (χ2v) is 8.77. The van der Waals surface area contributed by atoms with Gasteiger partial charge in [0.05, 0.1) is 5.56 Å². The van der Waals surface area contributed by atoms with E-state index in [1.807, 2.05) is 31.1 Å². The van der Waals surface area contributed by atoms with Gasteiger partial charge < -0.3 is 15.0 Å². The molecule has 4 saturated carbocycles. The lowest BCUT2D eigenvalue weighted by atomic mass is 9.53. The van der Waals surface area contributed by atoms with Crippen molar-refractivity contribution in [1.29, 1.82) is 0 Å². The number of carbonyl (C=O) groups excluding carboxylic acids is 2. The summed E-state index contributed by atoms with van der Waals surface area (Å²) < 4.78 is 5.27. The summed E-state index contributed by atoms with van der Waals surface area (Å²) in [5, 5.41) is 3.24. The van der Waals surface area contributed by atoms with Crippen LogP contribution < -0.4 is 10.2 Å². The molecule has 0 radical (unpaired) electrons. The minimum absolute atomic E-state index is 0.0386. The molecule has 1 N–H and O–H groups in total. The maximum Gasteiger partial charge on any atom is 0.338 e. The predicted molar refractivity (Wildman–Crippen MR) is 100 cm³/mol. The van der Waals surface area contributed by atoms with Crippen LogP contribution in [0.1, 0.15) is 48.9 Å². The number of hydrogen-bond donors (Lipinski definition) is 1. The first-order valence-electron chi connectivity index (χ1n) is 9.68. The van der Waals surface area contributed by atoms with Crippen molar-refractivity contribution in [3.8, 4) is 0 Å². The van der Waals surface area contributed by atoms with E-state index in [1.165, 1.54) is 19.3 Å². The van der Waals surface area contributed by atoms with Crippen LogP contribution in [0.5, 0.6) is 0 Å². The zero-order valence-corrected chi connectivity index (χ0v) is 15.7. The molecule has 0 aromatic heterocycles. The van der Waals surface area contributed by atoms with Crippen LogP contribution in [0.3, 0.4) is 0 Å². The average Bonchev–Trinajstić information content (AvgIpc) is 2.58. The highest BCUT2D eigenvalue weighted by molar-refractivity contribution is 5.92. The monoisotopic (exact) mass is 356 g/mol. The number of anilines is 1. The van der Waals surface area contributed by atoms with Crippen LogP contribution in [-0.4, -0.2) is 38.1 Å². The third-order valence-corrected chi connectivity index (χ3v) is 6.38. The Bertz CT molecular complexity index is 678.